The summed E-state index contributed by atoms with van der Waals surface area (Å²) in [4.78, 5) is 30.4. The van der Waals surface area contributed by atoms with Crippen molar-refractivity contribution in [3.8, 4) is 0 Å². The number of benzene rings is 3. The van der Waals surface area contributed by atoms with Gasteiger partial charge in [-0.05, 0) is 36.8 Å². The van der Waals surface area contributed by atoms with Crippen molar-refractivity contribution in [1.82, 2.24) is 4.57 Å². The molecule has 0 saturated heterocycles. The number of hydrogen-bond donors (Lipinski definition) is 0. The van der Waals surface area contributed by atoms with E-state index in [1.807, 2.05) is 36.4 Å². The normalized spacial score (nSPS) is 11.7. The number of nitrogens with zero attached hydrogens (tertiary/aromatic N) is 2. The number of thiazole rings is 1. The topological polar surface area (TPSA) is 51.4 Å². The van der Waals surface area contributed by atoms with Crippen LogP contribution in [-0.4, -0.2) is 16.3 Å². The largest absolute Gasteiger partial charge is 0.316 e. The number of ketones is 1. The summed E-state index contributed by atoms with van der Waals surface area (Å²) in [6, 6.07) is 21.9. The fourth-order valence-electron chi connectivity index (χ4n) is 3.24. The molecule has 0 N–H and O–H groups in total. The van der Waals surface area contributed by atoms with E-state index in [1.54, 1.807) is 36.4 Å². The number of carbonyl (C=O) groups is 2. The molecular formula is C24H19BrN2O2S. The molecule has 3 aromatic carbocycles. The van der Waals surface area contributed by atoms with Crippen LogP contribution in [0.3, 0.4) is 0 Å². The van der Waals surface area contributed by atoms with Crippen molar-refractivity contribution in [3.05, 3.63) is 98.8 Å². The van der Waals surface area contributed by atoms with Gasteiger partial charge in [-0.25, -0.2) is 0 Å². The van der Waals surface area contributed by atoms with Crippen LogP contribution in [-0.2, 0) is 6.54 Å². The molecule has 0 atom stereocenters. The summed E-state index contributed by atoms with van der Waals surface area (Å²) < 4.78 is 4.15. The molecular weight excluding hydrogens is 460 g/mol. The Kier molecular flexibility index (Phi) is 6.06. The van der Waals surface area contributed by atoms with Gasteiger partial charge >= 0.3 is 0 Å². The van der Waals surface area contributed by atoms with E-state index in [2.05, 4.69) is 32.4 Å². The summed E-state index contributed by atoms with van der Waals surface area (Å²) in [5.74, 6) is -0.383. The fraction of sp³-hybridized carbons (Fsp3) is 0.125. The summed E-state index contributed by atoms with van der Waals surface area (Å²) in [5, 5.41) is 0. The smallest absolute Gasteiger partial charge is 0.279 e. The molecule has 4 nitrogen and oxygen atoms in total. The number of rotatable bonds is 5. The fourth-order valence-corrected chi connectivity index (χ4v) is 4.85. The van der Waals surface area contributed by atoms with Gasteiger partial charge in [-0.1, -0.05) is 76.7 Å². The summed E-state index contributed by atoms with van der Waals surface area (Å²) >= 11 is 5.00. The minimum absolute atomic E-state index is 0.0672. The second-order valence-electron chi connectivity index (χ2n) is 6.84. The number of hydrogen-bond acceptors (Lipinski definition) is 3. The predicted molar refractivity (Wildman–Crippen MR) is 124 cm³/mol. The van der Waals surface area contributed by atoms with Crippen molar-refractivity contribution in [2.45, 2.75) is 19.9 Å². The van der Waals surface area contributed by atoms with E-state index in [0.29, 0.717) is 21.5 Å². The maximum Gasteiger partial charge on any atom is 0.279 e. The van der Waals surface area contributed by atoms with E-state index in [4.69, 9.17) is 0 Å². The summed E-state index contributed by atoms with van der Waals surface area (Å²) in [7, 11) is 0. The third kappa shape index (κ3) is 4.20. The first-order valence-corrected chi connectivity index (χ1v) is 11.3. The molecule has 150 valence electrons. The minimum Gasteiger partial charge on any atom is -0.316 e. The molecule has 0 aliphatic rings. The van der Waals surface area contributed by atoms with Crippen LogP contribution in [0.25, 0.3) is 10.2 Å². The molecule has 0 aliphatic carbocycles. The highest BCUT2D eigenvalue weighted by Gasteiger charge is 2.12. The zero-order valence-corrected chi connectivity index (χ0v) is 18.7. The van der Waals surface area contributed by atoms with Crippen LogP contribution in [0, 0.1) is 0 Å². The monoisotopic (exact) mass is 478 g/mol. The number of aryl methyl sites for hydroxylation is 1. The number of carbonyl (C=O) groups excluding carboxylic acids is 2. The molecule has 0 spiro atoms. The molecule has 0 fully saturated rings. The van der Waals surface area contributed by atoms with Gasteiger partial charge in [0.25, 0.3) is 5.91 Å². The molecule has 6 heteroatoms. The SMILES string of the molecule is CCCn1c(=NC(=O)c2ccc(C(=O)c3ccccc3)cc2)sc2cc(Br)ccc21. The van der Waals surface area contributed by atoms with Gasteiger partial charge in [-0.2, -0.15) is 4.99 Å². The first-order chi connectivity index (χ1) is 14.6. The number of aromatic nitrogens is 1. The molecule has 30 heavy (non-hydrogen) atoms. The zero-order chi connectivity index (χ0) is 21.1. The van der Waals surface area contributed by atoms with E-state index in [1.165, 1.54) is 11.3 Å². The molecule has 4 rings (SSSR count). The average molecular weight is 479 g/mol. The van der Waals surface area contributed by atoms with Gasteiger partial charge in [0.15, 0.2) is 10.6 Å². The first-order valence-electron chi connectivity index (χ1n) is 9.64. The van der Waals surface area contributed by atoms with Gasteiger partial charge in [-0.3, -0.25) is 9.59 Å². The van der Waals surface area contributed by atoms with Crippen molar-refractivity contribution in [2.75, 3.05) is 0 Å². The molecule has 0 unspecified atom stereocenters. The highest BCUT2D eigenvalue weighted by atomic mass is 79.9. The average Bonchev–Trinajstić information content (AvgIpc) is 3.10. The lowest BCUT2D eigenvalue weighted by Crippen LogP contribution is -2.16. The highest BCUT2D eigenvalue weighted by Crippen LogP contribution is 2.22. The van der Waals surface area contributed by atoms with Crippen LogP contribution >= 0.6 is 27.3 Å². The van der Waals surface area contributed by atoms with E-state index in [0.717, 1.165) is 27.7 Å². The van der Waals surface area contributed by atoms with Gasteiger partial charge in [0.1, 0.15) is 0 Å². The quantitative estimate of drug-likeness (QED) is 0.338. The maximum atomic E-state index is 12.8. The number of amides is 1. The summed E-state index contributed by atoms with van der Waals surface area (Å²) in [5.41, 5.74) is 2.70. The van der Waals surface area contributed by atoms with E-state index in [-0.39, 0.29) is 11.7 Å². The van der Waals surface area contributed by atoms with Gasteiger partial charge < -0.3 is 4.57 Å². The Hall–Kier alpha value is -2.83. The standard InChI is InChI=1S/C24H19BrN2O2S/c1-2-14-27-20-13-12-19(25)15-21(20)30-24(27)26-23(29)18-10-8-17(9-11-18)22(28)16-6-4-3-5-7-16/h3-13,15H,2,14H2,1H3. The molecule has 0 aliphatic heterocycles. The maximum absolute atomic E-state index is 12.8. The van der Waals surface area contributed by atoms with Crippen LogP contribution in [0.4, 0.5) is 0 Å². The Bertz CT molecular complexity index is 1290. The van der Waals surface area contributed by atoms with E-state index in [9.17, 15) is 9.59 Å². The Morgan fingerprint density at radius 2 is 1.60 bits per heavy atom. The van der Waals surface area contributed by atoms with Crippen LogP contribution in [0.15, 0.2) is 82.3 Å². The van der Waals surface area contributed by atoms with Gasteiger partial charge in [0.2, 0.25) is 0 Å². The van der Waals surface area contributed by atoms with Crippen molar-refractivity contribution in [3.63, 3.8) is 0 Å². The minimum atomic E-state index is -0.316. The second kappa shape index (κ2) is 8.90. The van der Waals surface area contributed by atoms with Crippen LogP contribution in [0.5, 0.6) is 0 Å². The predicted octanol–water partition coefficient (Wildman–Crippen LogP) is 5.85. The second-order valence-corrected chi connectivity index (χ2v) is 8.76. The molecule has 1 heterocycles. The van der Waals surface area contributed by atoms with Gasteiger partial charge in [0, 0.05) is 27.7 Å². The Labute approximate surface area is 186 Å². The third-order valence-electron chi connectivity index (χ3n) is 4.72. The Balaban J connectivity index is 1.66. The number of halogens is 1. The van der Waals surface area contributed by atoms with Crippen molar-refractivity contribution in [2.24, 2.45) is 4.99 Å². The molecule has 4 aromatic rings. The number of fused-ring (bicyclic) bond motifs is 1. The molecule has 0 bridgehead atoms. The van der Waals surface area contributed by atoms with Crippen LogP contribution in [0.1, 0.15) is 39.6 Å². The summed E-state index contributed by atoms with van der Waals surface area (Å²) in [6.45, 7) is 2.89. The molecule has 1 aromatic heterocycles. The zero-order valence-electron chi connectivity index (χ0n) is 16.3. The van der Waals surface area contributed by atoms with Crippen molar-refractivity contribution < 1.29 is 9.59 Å². The highest BCUT2D eigenvalue weighted by molar-refractivity contribution is 9.10. The lowest BCUT2D eigenvalue weighted by Gasteiger charge is -2.03. The lowest BCUT2D eigenvalue weighted by molar-refractivity contribution is 0.0994. The van der Waals surface area contributed by atoms with Crippen LogP contribution < -0.4 is 4.80 Å². The van der Waals surface area contributed by atoms with E-state index < -0.39 is 0 Å². The van der Waals surface area contributed by atoms with E-state index >= 15 is 0 Å². The Morgan fingerprint density at radius 1 is 0.933 bits per heavy atom. The van der Waals surface area contributed by atoms with Crippen molar-refractivity contribution in [1.29, 1.82) is 0 Å². The summed E-state index contributed by atoms with van der Waals surface area (Å²) in [6.07, 6.45) is 0.944. The molecule has 0 saturated carbocycles. The van der Waals surface area contributed by atoms with Gasteiger partial charge in [-0.15, -0.1) is 0 Å². The lowest BCUT2D eigenvalue weighted by atomic mass is 10.0. The Morgan fingerprint density at radius 3 is 2.30 bits per heavy atom. The van der Waals surface area contributed by atoms with Crippen molar-refractivity contribution >= 4 is 49.2 Å². The first kappa shape index (κ1) is 20.4. The molecule has 1 amide bonds. The van der Waals surface area contributed by atoms with Gasteiger partial charge in [0.05, 0.1) is 10.2 Å². The molecule has 0 radical (unpaired) electrons. The van der Waals surface area contributed by atoms with Crippen LogP contribution in [0.2, 0.25) is 0 Å². The third-order valence-corrected chi connectivity index (χ3v) is 6.25.